The standard InChI is InChI=1S/C16H19N3O6S/c1-7-18-19-16(26-7)17-15(24)9-4-2-3-8(5-9)14-13(23)12(22)11(21)10(6-20)25-14/h2-5,10-14,20-23H,6H2,1H3,(H,17,19,24)/t10-,11-,12+,13-,14-/m1/s1. The van der Waals surface area contributed by atoms with Crippen LogP contribution in [0.4, 0.5) is 5.13 Å². The second kappa shape index (κ2) is 7.74. The number of ether oxygens (including phenoxy) is 1. The summed E-state index contributed by atoms with van der Waals surface area (Å²) in [6.45, 7) is 1.26. The van der Waals surface area contributed by atoms with E-state index in [0.29, 0.717) is 16.3 Å². The van der Waals surface area contributed by atoms with E-state index < -0.39 is 43.0 Å². The van der Waals surface area contributed by atoms with E-state index in [9.17, 15) is 25.2 Å². The number of aliphatic hydroxyl groups excluding tert-OH is 4. The topological polar surface area (TPSA) is 145 Å². The van der Waals surface area contributed by atoms with Gasteiger partial charge in [-0.25, -0.2) is 0 Å². The summed E-state index contributed by atoms with van der Waals surface area (Å²) >= 11 is 1.24. The lowest BCUT2D eigenvalue weighted by Crippen LogP contribution is -2.55. The molecule has 26 heavy (non-hydrogen) atoms. The minimum absolute atomic E-state index is 0.298. The second-order valence-electron chi connectivity index (χ2n) is 5.96. The summed E-state index contributed by atoms with van der Waals surface area (Å²) in [6.07, 6.45) is -6.33. The highest BCUT2D eigenvalue weighted by Gasteiger charge is 2.44. The summed E-state index contributed by atoms with van der Waals surface area (Å²) in [5.41, 5.74) is 0.732. The average molecular weight is 381 g/mol. The molecule has 1 saturated heterocycles. The van der Waals surface area contributed by atoms with E-state index in [1.54, 1.807) is 25.1 Å². The fourth-order valence-electron chi connectivity index (χ4n) is 2.75. The fourth-order valence-corrected chi connectivity index (χ4v) is 3.34. The van der Waals surface area contributed by atoms with Gasteiger partial charge in [-0.3, -0.25) is 10.1 Å². The number of aromatic nitrogens is 2. The van der Waals surface area contributed by atoms with Gasteiger partial charge in [0.2, 0.25) is 5.13 Å². The predicted molar refractivity (Wildman–Crippen MR) is 91.8 cm³/mol. The first-order valence-electron chi connectivity index (χ1n) is 7.92. The first kappa shape index (κ1) is 18.8. The van der Waals surface area contributed by atoms with Crippen LogP contribution in [0.1, 0.15) is 27.0 Å². The zero-order valence-corrected chi connectivity index (χ0v) is 14.6. The molecule has 2 heterocycles. The van der Waals surface area contributed by atoms with Gasteiger partial charge >= 0.3 is 0 Å². The molecule has 1 aliphatic rings. The lowest BCUT2D eigenvalue weighted by Gasteiger charge is -2.40. The molecule has 1 aromatic carbocycles. The normalized spacial score (nSPS) is 28.7. The first-order valence-corrected chi connectivity index (χ1v) is 8.74. The molecular formula is C16H19N3O6S. The number of nitrogens with zero attached hydrogens (tertiary/aromatic N) is 2. The number of nitrogens with one attached hydrogen (secondary N) is 1. The van der Waals surface area contributed by atoms with Crippen molar-refractivity contribution in [3.05, 3.63) is 40.4 Å². The van der Waals surface area contributed by atoms with E-state index in [4.69, 9.17) is 4.74 Å². The predicted octanol–water partition coefficient (Wildman–Crippen LogP) is -0.386. The van der Waals surface area contributed by atoms with Gasteiger partial charge in [-0.15, -0.1) is 10.2 Å². The minimum Gasteiger partial charge on any atom is -0.394 e. The van der Waals surface area contributed by atoms with E-state index in [-0.39, 0.29) is 0 Å². The Hall–Kier alpha value is -1.95. The van der Waals surface area contributed by atoms with Crippen molar-refractivity contribution in [3.8, 4) is 0 Å². The summed E-state index contributed by atoms with van der Waals surface area (Å²) < 4.78 is 5.51. The van der Waals surface area contributed by atoms with Crippen LogP contribution in [0.2, 0.25) is 0 Å². The molecule has 0 bridgehead atoms. The van der Waals surface area contributed by atoms with Gasteiger partial charge in [-0.1, -0.05) is 23.5 Å². The zero-order valence-electron chi connectivity index (χ0n) is 13.8. The molecule has 1 aliphatic heterocycles. The van der Waals surface area contributed by atoms with Crippen LogP contribution in [-0.2, 0) is 4.74 Å². The van der Waals surface area contributed by atoms with Gasteiger partial charge in [0.15, 0.2) is 0 Å². The molecule has 0 unspecified atom stereocenters. The molecule has 5 atom stereocenters. The number of hydrogen-bond donors (Lipinski definition) is 5. The highest BCUT2D eigenvalue weighted by atomic mass is 32.1. The van der Waals surface area contributed by atoms with Crippen molar-refractivity contribution in [3.63, 3.8) is 0 Å². The number of benzene rings is 1. The van der Waals surface area contributed by atoms with Crippen LogP contribution in [-0.4, -0.2) is 67.6 Å². The van der Waals surface area contributed by atoms with Crippen molar-refractivity contribution in [1.29, 1.82) is 0 Å². The van der Waals surface area contributed by atoms with E-state index in [1.165, 1.54) is 17.4 Å². The maximum atomic E-state index is 12.4. The van der Waals surface area contributed by atoms with Crippen molar-refractivity contribution in [2.24, 2.45) is 0 Å². The summed E-state index contributed by atoms with van der Waals surface area (Å²) in [5.74, 6) is -0.410. The largest absolute Gasteiger partial charge is 0.394 e. The van der Waals surface area contributed by atoms with Crippen molar-refractivity contribution in [2.75, 3.05) is 11.9 Å². The van der Waals surface area contributed by atoms with Crippen LogP contribution >= 0.6 is 11.3 Å². The molecule has 9 nitrogen and oxygen atoms in total. The number of rotatable bonds is 4. The number of amides is 1. The third-order valence-corrected chi connectivity index (χ3v) is 4.87. The van der Waals surface area contributed by atoms with Gasteiger partial charge in [0.25, 0.3) is 5.91 Å². The highest BCUT2D eigenvalue weighted by Crippen LogP contribution is 2.32. The number of carbonyl (C=O) groups is 1. The summed E-state index contributed by atoms with van der Waals surface area (Å²) in [6, 6.07) is 6.32. The fraction of sp³-hybridized carbons (Fsp3) is 0.438. The Balaban J connectivity index is 1.81. The molecule has 3 rings (SSSR count). The summed E-state index contributed by atoms with van der Waals surface area (Å²) in [7, 11) is 0. The number of anilines is 1. The molecule has 0 saturated carbocycles. The molecule has 1 fully saturated rings. The quantitative estimate of drug-likeness (QED) is 0.482. The van der Waals surface area contributed by atoms with E-state index in [1.807, 2.05) is 0 Å². The van der Waals surface area contributed by atoms with Crippen LogP contribution in [0.5, 0.6) is 0 Å². The average Bonchev–Trinajstić information content (AvgIpc) is 3.05. The second-order valence-corrected chi connectivity index (χ2v) is 7.14. The van der Waals surface area contributed by atoms with Crippen molar-refractivity contribution >= 4 is 22.4 Å². The Morgan fingerprint density at radius 1 is 1.23 bits per heavy atom. The van der Waals surface area contributed by atoms with Gasteiger partial charge in [0, 0.05) is 5.56 Å². The third kappa shape index (κ3) is 3.75. The molecule has 1 amide bonds. The number of carbonyl (C=O) groups excluding carboxylic acids is 1. The molecule has 0 radical (unpaired) electrons. The van der Waals surface area contributed by atoms with Gasteiger partial charge in [0.05, 0.1) is 6.61 Å². The Morgan fingerprint density at radius 2 is 2.00 bits per heavy atom. The monoisotopic (exact) mass is 381 g/mol. The van der Waals surface area contributed by atoms with Gasteiger partial charge in [-0.05, 0) is 24.6 Å². The smallest absolute Gasteiger partial charge is 0.257 e. The molecular weight excluding hydrogens is 362 g/mol. The first-order chi connectivity index (χ1) is 12.4. The van der Waals surface area contributed by atoms with Crippen molar-refractivity contribution in [1.82, 2.24) is 10.2 Å². The molecule has 2 aromatic rings. The van der Waals surface area contributed by atoms with Gasteiger partial charge in [0.1, 0.15) is 35.5 Å². The maximum absolute atomic E-state index is 12.4. The van der Waals surface area contributed by atoms with Gasteiger partial charge < -0.3 is 25.2 Å². The Labute approximate surface area is 152 Å². The maximum Gasteiger partial charge on any atom is 0.257 e. The lowest BCUT2D eigenvalue weighted by atomic mass is 9.90. The van der Waals surface area contributed by atoms with Crippen molar-refractivity contribution < 1.29 is 30.0 Å². The summed E-state index contributed by atoms with van der Waals surface area (Å²) in [4.78, 5) is 12.4. The SMILES string of the molecule is Cc1nnc(NC(=O)c2cccc([C@H]3O[C@H](CO)[C@@H](O)[C@H](O)[C@H]3O)c2)s1. The number of aliphatic hydroxyl groups is 4. The number of hydrogen-bond acceptors (Lipinski definition) is 9. The van der Waals surface area contributed by atoms with E-state index in [2.05, 4.69) is 15.5 Å². The molecule has 0 spiro atoms. The van der Waals surface area contributed by atoms with Crippen LogP contribution in [0.15, 0.2) is 24.3 Å². The molecule has 10 heteroatoms. The van der Waals surface area contributed by atoms with Gasteiger partial charge in [-0.2, -0.15) is 0 Å². The molecule has 1 aromatic heterocycles. The van der Waals surface area contributed by atoms with Crippen molar-refractivity contribution in [2.45, 2.75) is 37.4 Å². The van der Waals surface area contributed by atoms with Crippen LogP contribution in [0.3, 0.4) is 0 Å². The Bertz CT molecular complexity index is 783. The Morgan fingerprint density at radius 3 is 2.65 bits per heavy atom. The molecule has 140 valence electrons. The van der Waals surface area contributed by atoms with E-state index in [0.717, 1.165) is 5.01 Å². The zero-order chi connectivity index (χ0) is 18.8. The highest BCUT2D eigenvalue weighted by molar-refractivity contribution is 7.15. The molecule has 5 N–H and O–H groups in total. The minimum atomic E-state index is -1.48. The lowest BCUT2D eigenvalue weighted by molar-refractivity contribution is -0.231. The van der Waals surface area contributed by atoms with E-state index >= 15 is 0 Å². The third-order valence-electron chi connectivity index (χ3n) is 4.12. The summed E-state index contributed by atoms with van der Waals surface area (Å²) in [5, 5.41) is 50.6. The van der Waals surface area contributed by atoms with Crippen LogP contribution in [0, 0.1) is 6.92 Å². The molecule has 0 aliphatic carbocycles. The van der Waals surface area contributed by atoms with Crippen LogP contribution < -0.4 is 5.32 Å². The Kier molecular flexibility index (Phi) is 5.61. The van der Waals surface area contributed by atoms with Crippen LogP contribution in [0.25, 0.3) is 0 Å². The number of aryl methyl sites for hydroxylation is 1.